The monoisotopic (exact) mass is 540 g/mol. The summed E-state index contributed by atoms with van der Waals surface area (Å²) in [5.74, 6) is 0.707. The van der Waals surface area contributed by atoms with Crippen LogP contribution in [0.3, 0.4) is 0 Å². The maximum absolute atomic E-state index is 12.6. The minimum atomic E-state index is -5.23. The van der Waals surface area contributed by atoms with Gasteiger partial charge in [0, 0.05) is 36.4 Å². The van der Waals surface area contributed by atoms with Crippen molar-refractivity contribution in [2.75, 3.05) is 26.7 Å². The number of nitrogens with zero attached hydrogens (tertiary/aromatic N) is 2. The molecular formula is C15H24F3IN4O2S2. The van der Waals surface area contributed by atoms with Crippen LogP contribution in [0.1, 0.15) is 22.6 Å². The molecule has 0 bridgehead atoms. The van der Waals surface area contributed by atoms with Crippen molar-refractivity contribution in [3.05, 3.63) is 21.9 Å². The smallest absolute Gasteiger partial charge is 0.356 e. The number of piperidine rings is 1. The lowest BCUT2D eigenvalue weighted by molar-refractivity contribution is -0.0496. The highest BCUT2D eigenvalue weighted by molar-refractivity contribution is 14.0. The van der Waals surface area contributed by atoms with Crippen LogP contribution >= 0.6 is 35.3 Å². The first-order valence-corrected chi connectivity index (χ1v) is 10.5. The Balaban J connectivity index is 0.00000364. The second-order valence-electron chi connectivity index (χ2n) is 6.11. The lowest BCUT2D eigenvalue weighted by atomic mass is 9.98. The Labute approximate surface area is 178 Å². The molecule has 1 aliphatic heterocycles. The van der Waals surface area contributed by atoms with Crippen molar-refractivity contribution in [3.8, 4) is 0 Å². The van der Waals surface area contributed by atoms with Crippen LogP contribution in [-0.4, -0.2) is 50.9 Å². The fraction of sp³-hybridized carbons (Fsp3) is 0.667. The van der Waals surface area contributed by atoms with Gasteiger partial charge in [0.15, 0.2) is 5.96 Å². The number of halogens is 4. The average molecular weight is 540 g/mol. The molecule has 1 aliphatic rings. The topological polar surface area (TPSA) is 73.8 Å². The van der Waals surface area contributed by atoms with Crippen LogP contribution in [0.25, 0.3) is 0 Å². The number of rotatable bonds is 5. The molecule has 27 heavy (non-hydrogen) atoms. The second kappa shape index (κ2) is 10.3. The van der Waals surface area contributed by atoms with Crippen molar-refractivity contribution in [1.29, 1.82) is 0 Å². The molecular weight excluding hydrogens is 516 g/mol. The zero-order valence-electron chi connectivity index (χ0n) is 15.0. The standard InChI is InChI=1S/C15H23F3N4O2S2.HI/c1-11-3-4-13(25-11)10-21-14(19-2)20-9-12-5-7-22(8-6-12)26(23,24)15(16,17)18;/h3-4,12H,5-10H2,1-2H3,(H2,19,20,21);1H. The molecule has 2 rings (SSSR count). The molecule has 0 amide bonds. The van der Waals surface area contributed by atoms with Gasteiger partial charge in [-0.3, -0.25) is 4.99 Å². The van der Waals surface area contributed by atoms with Crippen molar-refractivity contribution in [2.24, 2.45) is 10.9 Å². The van der Waals surface area contributed by atoms with Crippen molar-refractivity contribution >= 4 is 51.3 Å². The molecule has 6 nitrogen and oxygen atoms in total. The van der Waals surface area contributed by atoms with Gasteiger partial charge in [-0.15, -0.1) is 35.3 Å². The first-order valence-electron chi connectivity index (χ1n) is 8.19. The SMILES string of the molecule is CN=C(NCc1ccc(C)s1)NCC1CCN(S(=O)(=O)C(F)(F)F)CC1.I. The third-order valence-electron chi connectivity index (χ3n) is 4.21. The summed E-state index contributed by atoms with van der Waals surface area (Å²) >= 11 is 1.69. The van der Waals surface area contributed by atoms with E-state index in [1.165, 1.54) is 9.75 Å². The number of guanidine groups is 1. The third-order valence-corrected chi connectivity index (χ3v) is 6.84. The highest BCUT2D eigenvalue weighted by Gasteiger charge is 2.50. The van der Waals surface area contributed by atoms with Crippen LogP contribution < -0.4 is 10.6 Å². The minimum Gasteiger partial charge on any atom is -0.356 e. The zero-order valence-corrected chi connectivity index (χ0v) is 19.0. The summed E-state index contributed by atoms with van der Waals surface area (Å²) in [6.45, 7) is 2.97. The van der Waals surface area contributed by atoms with Crippen LogP contribution in [0.5, 0.6) is 0 Å². The molecule has 156 valence electrons. The summed E-state index contributed by atoms with van der Waals surface area (Å²) in [6, 6.07) is 4.08. The summed E-state index contributed by atoms with van der Waals surface area (Å²) in [4.78, 5) is 6.53. The molecule has 0 radical (unpaired) electrons. The molecule has 2 heterocycles. The van der Waals surface area contributed by atoms with Crippen LogP contribution in [0.2, 0.25) is 0 Å². The van der Waals surface area contributed by atoms with E-state index in [1.807, 2.05) is 19.1 Å². The largest absolute Gasteiger partial charge is 0.511 e. The quantitative estimate of drug-likeness (QED) is 0.343. The summed E-state index contributed by atoms with van der Waals surface area (Å²) in [5, 5.41) is 6.34. The lowest BCUT2D eigenvalue weighted by Crippen LogP contribution is -2.47. The molecule has 0 spiro atoms. The normalized spacial score (nSPS) is 17.4. The van der Waals surface area contributed by atoms with Gasteiger partial charge in [-0.05, 0) is 37.8 Å². The number of hydrogen-bond donors (Lipinski definition) is 2. The predicted molar refractivity (Wildman–Crippen MR) is 112 cm³/mol. The van der Waals surface area contributed by atoms with Gasteiger partial charge in [-0.25, -0.2) is 8.42 Å². The Morgan fingerprint density at radius 3 is 2.41 bits per heavy atom. The van der Waals surface area contributed by atoms with E-state index in [0.29, 0.717) is 36.2 Å². The highest BCUT2D eigenvalue weighted by atomic mass is 127. The molecule has 0 saturated carbocycles. The van der Waals surface area contributed by atoms with Crippen molar-refractivity contribution in [1.82, 2.24) is 14.9 Å². The first-order chi connectivity index (χ1) is 12.1. The number of thiophene rings is 1. The van der Waals surface area contributed by atoms with Gasteiger partial charge >= 0.3 is 15.5 Å². The predicted octanol–water partition coefficient (Wildman–Crippen LogP) is 2.90. The molecule has 0 atom stereocenters. The van der Waals surface area contributed by atoms with Crippen molar-refractivity contribution in [2.45, 2.75) is 31.8 Å². The summed E-state index contributed by atoms with van der Waals surface area (Å²) in [6.07, 6.45) is 0.757. The molecule has 1 aromatic rings. The molecule has 0 aliphatic carbocycles. The van der Waals surface area contributed by atoms with E-state index in [9.17, 15) is 21.6 Å². The minimum absolute atomic E-state index is 0. The maximum atomic E-state index is 12.6. The van der Waals surface area contributed by atoms with E-state index in [2.05, 4.69) is 15.6 Å². The van der Waals surface area contributed by atoms with Crippen LogP contribution in [0.4, 0.5) is 13.2 Å². The third kappa shape index (κ3) is 6.75. The van der Waals surface area contributed by atoms with Gasteiger partial charge in [0.25, 0.3) is 0 Å². The molecule has 0 unspecified atom stereocenters. The molecule has 0 aromatic carbocycles. The number of sulfonamides is 1. The molecule has 12 heteroatoms. The van der Waals surface area contributed by atoms with Crippen LogP contribution in [0, 0.1) is 12.8 Å². The Bertz CT molecular complexity index is 730. The molecule has 2 N–H and O–H groups in total. The summed E-state index contributed by atoms with van der Waals surface area (Å²) < 4.78 is 61.1. The number of aryl methyl sites for hydroxylation is 1. The maximum Gasteiger partial charge on any atom is 0.511 e. The number of aliphatic imine (C=N–C) groups is 1. The van der Waals surface area contributed by atoms with Gasteiger partial charge in [0.1, 0.15) is 0 Å². The highest BCUT2D eigenvalue weighted by Crippen LogP contribution is 2.30. The van der Waals surface area contributed by atoms with Crippen molar-refractivity contribution < 1.29 is 21.6 Å². The summed E-state index contributed by atoms with van der Waals surface area (Å²) in [5.41, 5.74) is -5.23. The summed E-state index contributed by atoms with van der Waals surface area (Å²) in [7, 11) is -3.57. The van der Waals surface area contributed by atoms with Gasteiger partial charge in [0.2, 0.25) is 0 Å². The first kappa shape index (κ1) is 24.4. The van der Waals surface area contributed by atoms with Crippen molar-refractivity contribution in [3.63, 3.8) is 0 Å². The average Bonchev–Trinajstić information content (AvgIpc) is 3.00. The number of hydrogen-bond acceptors (Lipinski definition) is 4. The van der Waals surface area contributed by atoms with E-state index in [4.69, 9.17) is 0 Å². The number of alkyl halides is 3. The van der Waals surface area contributed by atoms with Gasteiger partial charge < -0.3 is 10.6 Å². The van der Waals surface area contributed by atoms with Crippen LogP contribution in [0.15, 0.2) is 17.1 Å². The fourth-order valence-corrected chi connectivity index (χ4v) is 4.53. The van der Waals surface area contributed by atoms with E-state index < -0.39 is 15.5 Å². The molecule has 1 aromatic heterocycles. The Hall–Kier alpha value is -0.600. The lowest BCUT2D eigenvalue weighted by Gasteiger charge is -2.31. The Morgan fingerprint density at radius 2 is 1.93 bits per heavy atom. The van der Waals surface area contributed by atoms with E-state index >= 15 is 0 Å². The fourth-order valence-electron chi connectivity index (χ4n) is 2.71. The molecule has 1 fully saturated rings. The zero-order chi connectivity index (χ0) is 19.4. The van der Waals surface area contributed by atoms with E-state index in [-0.39, 0.29) is 43.0 Å². The number of nitrogens with one attached hydrogen (secondary N) is 2. The van der Waals surface area contributed by atoms with E-state index in [1.54, 1.807) is 18.4 Å². The van der Waals surface area contributed by atoms with Gasteiger partial charge in [0.05, 0.1) is 6.54 Å². The van der Waals surface area contributed by atoms with Gasteiger partial charge in [-0.1, -0.05) is 0 Å². The van der Waals surface area contributed by atoms with E-state index in [0.717, 1.165) is 0 Å². The van der Waals surface area contributed by atoms with Gasteiger partial charge in [-0.2, -0.15) is 17.5 Å². The Kier molecular flexibility index (Phi) is 9.28. The second-order valence-corrected chi connectivity index (χ2v) is 9.41. The molecule has 1 saturated heterocycles. The van der Waals surface area contributed by atoms with Crippen LogP contribution in [-0.2, 0) is 16.6 Å². The Morgan fingerprint density at radius 1 is 1.30 bits per heavy atom.